The molecule has 0 saturated carbocycles. The van der Waals surface area contributed by atoms with Crippen molar-refractivity contribution in [1.29, 1.82) is 5.41 Å². The largest absolute Gasteiger partial charge is 0.462 e. The number of hydrogen-bond acceptors (Lipinski definition) is 4. The van der Waals surface area contributed by atoms with Gasteiger partial charge in [-0.3, -0.25) is 5.41 Å². The van der Waals surface area contributed by atoms with Crippen LogP contribution >= 0.6 is 0 Å². The molecule has 0 fully saturated rings. The number of rotatable bonds is 4. The van der Waals surface area contributed by atoms with Crippen molar-refractivity contribution in [3.63, 3.8) is 0 Å². The molecule has 0 radical (unpaired) electrons. The van der Waals surface area contributed by atoms with E-state index in [1.807, 2.05) is 13.8 Å². The van der Waals surface area contributed by atoms with Crippen LogP contribution in [0, 0.1) is 11.3 Å². The molecule has 0 amide bonds. The van der Waals surface area contributed by atoms with Crippen molar-refractivity contribution in [2.45, 2.75) is 20.8 Å². The van der Waals surface area contributed by atoms with Crippen LogP contribution < -0.4 is 11.5 Å². The van der Waals surface area contributed by atoms with Crippen LogP contribution in [0.15, 0.2) is 11.3 Å². The van der Waals surface area contributed by atoms with E-state index in [1.54, 1.807) is 6.92 Å². The minimum Gasteiger partial charge on any atom is -0.462 e. The van der Waals surface area contributed by atoms with Gasteiger partial charge in [-0.1, -0.05) is 13.8 Å². The van der Waals surface area contributed by atoms with Gasteiger partial charge in [-0.25, -0.2) is 4.79 Å². The van der Waals surface area contributed by atoms with Gasteiger partial charge in [0, 0.05) is 5.70 Å². The summed E-state index contributed by atoms with van der Waals surface area (Å²) in [6, 6.07) is 0. The number of hydrogen-bond donors (Lipinski definition) is 3. The lowest BCUT2D eigenvalue weighted by Crippen LogP contribution is -2.27. The molecule has 0 bridgehead atoms. The Bertz CT molecular complexity index is 269. The Labute approximate surface area is 83.6 Å². The molecule has 14 heavy (non-hydrogen) atoms. The topological polar surface area (TPSA) is 102 Å². The molecule has 5 nitrogen and oxygen atoms in total. The maximum Gasteiger partial charge on any atom is 0.343 e. The van der Waals surface area contributed by atoms with Crippen LogP contribution in [0.25, 0.3) is 0 Å². The second-order valence-corrected chi connectivity index (χ2v) is 3.12. The predicted octanol–water partition coefficient (Wildman–Crippen LogP) is 0.354. The van der Waals surface area contributed by atoms with Crippen molar-refractivity contribution in [1.82, 2.24) is 0 Å². The molecule has 80 valence electrons. The number of amidine groups is 1. The highest BCUT2D eigenvalue weighted by Crippen LogP contribution is 2.10. The molecule has 0 aliphatic heterocycles. The van der Waals surface area contributed by atoms with Crippen LogP contribution in [-0.4, -0.2) is 18.4 Å². The summed E-state index contributed by atoms with van der Waals surface area (Å²) in [5, 5.41) is 7.22. The molecule has 0 saturated heterocycles. The normalized spacial score (nSPS) is 12.3. The van der Waals surface area contributed by atoms with Gasteiger partial charge < -0.3 is 16.2 Å². The van der Waals surface area contributed by atoms with Crippen LogP contribution in [0.4, 0.5) is 0 Å². The summed E-state index contributed by atoms with van der Waals surface area (Å²) in [6.07, 6.45) is 0. The van der Waals surface area contributed by atoms with Crippen molar-refractivity contribution in [3.05, 3.63) is 11.3 Å². The average Bonchev–Trinajstić information content (AvgIpc) is 2.03. The van der Waals surface area contributed by atoms with Crippen LogP contribution in [0.5, 0.6) is 0 Å². The average molecular weight is 199 g/mol. The van der Waals surface area contributed by atoms with Gasteiger partial charge in [-0.15, -0.1) is 0 Å². The van der Waals surface area contributed by atoms with E-state index < -0.39 is 5.97 Å². The number of nitrogens with two attached hydrogens (primary N) is 2. The van der Waals surface area contributed by atoms with E-state index in [9.17, 15) is 4.79 Å². The summed E-state index contributed by atoms with van der Waals surface area (Å²) >= 11 is 0. The van der Waals surface area contributed by atoms with Gasteiger partial charge in [0.2, 0.25) is 0 Å². The molecule has 0 heterocycles. The first kappa shape index (κ1) is 12.5. The first-order valence-electron chi connectivity index (χ1n) is 4.42. The summed E-state index contributed by atoms with van der Waals surface area (Å²) < 4.78 is 4.74. The van der Waals surface area contributed by atoms with E-state index in [0.717, 1.165) is 0 Å². The number of ether oxygens (including phenoxy) is 1. The van der Waals surface area contributed by atoms with Gasteiger partial charge in [-0.05, 0) is 12.8 Å². The number of carbonyl (C=O) groups is 1. The van der Waals surface area contributed by atoms with Crippen molar-refractivity contribution in [2.24, 2.45) is 17.4 Å². The third-order valence-corrected chi connectivity index (χ3v) is 1.66. The van der Waals surface area contributed by atoms with Crippen LogP contribution in [0.1, 0.15) is 20.8 Å². The standard InChI is InChI=1S/C9H17N3O2/c1-4-14-9(13)6(8(11)12)7(10)5(2)3/h5H,4,10H2,1-3H3,(H3,11,12). The van der Waals surface area contributed by atoms with Crippen LogP contribution in [0.2, 0.25) is 0 Å². The number of allylic oxidation sites excluding steroid dienone is 1. The molecule has 0 rings (SSSR count). The Kier molecular flexibility index (Phi) is 4.69. The zero-order chi connectivity index (χ0) is 11.3. The van der Waals surface area contributed by atoms with Crippen molar-refractivity contribution >= 4 is 11.8 Å². The Hall–Kier alpha value is -1.52. The molecule has 5 N–H and O–H groups in total. The van der Waals surface area contributed by atoms with Gasteiger partial charge in [0.05, 0.1) is 6.61 Å². The molecule has 0 aromatic heterocycles. The van der Waals surface area contributed by atoms with Gasteiger partial charge >= 0.3 is 5.97 Å². The zero-order valence-corrected chi connectivity index (χ0v) is 8.76. The van der Waals surface area contributed by atoms with Gasteiger partial charge in [0.15, 0.2) is 0 Å². The van der Waals surface area contributed by atoms with Gasteiger partial charge in [0.25, 0.3) is 0 Å². The quantitative estimate of drug-likeness (QED) is 0.263. The fraction of sp³-hybridized carbons (Fsp3) is 0.556. The maximum atomic E-state index is 11.3. The Morgan fingerprint density at radius 1 is 1.43 bits per heavy atom. The minimum atomic E-state index is -0.633. The molecule has 0 aromatic rings. The summed E-state index contributed by atoms with van der Waals surface area (Å²) in [5.41, 5.74) is 11.2. The molecule has 0 aromatic carbocycles. The van der Waals surface area contributed by atoms with Crippen molar-refractivity contribution in [2.75, 3.05) is 6.61 Å². The van der Waals surface area contributed by atoms with Crippen molar-refractivity contribution in [3.8, 4) is 0 Å². The van der Waals surface area contributed by atoms with E-state index in [2.05, 4.69) is 0 Å². The predicted molar refractivity (Wildman–Crippen MR) is 54.6 cm³/mol. The SMILES string of the molecule is CCOC(=O)C(C(=N)N)=C(N)C(C)C. The monoisotopic (exact) mass is 199 g/mol. The lowest BCUT2D eigenvalue weighted by atomic mass is 10.0. The minimum absolute atomic E-state index is 0.0261. The van der Waals surface area contributed by atoms with E-state index >= 15 is 0 Å². The van der Waals surface area contributed by atoms with E-state index in [-0.39, 0.29) is 29.6 Å². The summed E-state index contributed by atoms with van der Waals surface area (Å²) in [6.45, 7) is 5.55. The van der Waals surface area contributed by atoms with Crippen LogP contribution in [-0.2, 0) is 9.53 Å². The maximum absolute atomic E-state index is 11.3. The second kappa shape index (κ2) is 5.26. The first-order valence-corrected chi connectivity index (χ1v) is 4.42. The van der Waals surface area contributed by atoms with E-state index in [0.29, 0.717) is 0 Å². The van der Waals surface area contributed by atoms with E-state index in [4.69, 9.17) is 21.6 Å². The van der Waals surface area contributed by atoms with Crippen molar-refractivity contribution < 1.29 is 9.53 Å². The number of esters is 1. The number of carbonyl (C=O) groups excluding carboxylic acids is 1. The Balaban J connectivity index is 5.04. The summed E-state index contributed by atoms with van der Waals surface area (Å²) in [5.74, 6) is -1.03. The van der Waals surface area contributed by atoms with Gasteiger partial charge in [-0.2, -0.15) is 0 Å². The molecule has 0 unspecified atom stereocenters. The van der Waals surface area contributed by atoms with Crippen LogP contribution in [0.3, 0.4) is 0 Å². The molecule has 0 aliphatic carbocycles. The highest BCUT2D eigenvalue weighted by atomic mass is 16.5. The highest BCUT2D eigenvalue weighted by Gasteiger charge is 2.19. The fourth-order valence-electron chi connectivity index (χ4n) is 0.875. The zero-order valence-electron chi connectivity index (χ0n) is 8.76. The lowest BCUT2D eigenvalue weighted by molar-refractivity contribution is -0.137. The first-order chi connectivity index (χ1) is 6.41. The summed E-state index contributed by atoms with van der Waals surface area (Å²) in [7, 11) is 0. The summed E-state index contributed by atoms with van der Waals surface area (Å²) in [4.78, 5) is 11.3. The third-order valence-electron chi connectivity index (χ3n) is 1.66. The smallest absolute Gasteiger partial charge is 0.343 e. The van der Waals surface area contributed by atoms with Gasteiger partial charge in [0.1, 0.15) is 11.4 Å². The second-order valence-electron chi connectivity index (χ2n) is 3.12. The van der Waals surface area contributed by atoms with E-state index in [1.165, 1.54) is 0 Å². The molecule has 0 spiro atoms. The fourth-order valence-corrected chi connectivity index (χ4v) is 0.875. The molecule has 0 atom stereocenters. The highest BCUT2D eigenvalue weighted by molar-refractivity contribution is 6.17. The molecular weight excluding hydrogens is 182 g/mol. The number of nitrogens with one attached hydrogen (secondary N) is 1. The third kappa shape index (κ3) is 3.08. The Morgan fingerprint density at radius 2 is 1.93 bits per heavy atom. The molecular formula is C9H17N3O2. The lowest BCUT2D eigenvalue weighted by Gasteiger charge is -2.12. The molecule has 0 aliphatic rings. The Morgan fingerprint density at radius 3 is 2.21 bits per heavy atom. The molecule has 5 heteroatoms.